The minimum absolute atomic E-state index is 0.564. The Balaban J connectivity index is 0.973. The van der Waals surface area contributed by atoms with Crippen LogP contribution in [0, 0.1) is 0 Å². The van der Waals surface area contributed by atoms with Crippen LogP contribution < -0.4 is 20.7 Å². The first-order chi connectivity index (χ1) is 43.7. The van der Waals surface area contributed by atoms with Gasteiger partial charge < -0.3 is 13.7 Å². The van der Waals surface area contributed by atoms with Crippen LogP contribution in [0.4, 0.5) is 0 Å². The molecule has 0 bridgehead atoms. The second-order valence-electron chi connectivity index (χ2n) is 22.7. The highest BCUT2D eigenvalue weighted by molar-refractivity contribution is 7.19. The van der Waals surface area contributed by atoms with E-state index in [1.54, 1.807) is 0 Å². The third kappa shape index (κ3) is 8.20. The highest BCUT2D eigenvalue weighted by Gasteiger charge is 2.41. The molecule has 4 heterocycles. The lowest BCUT2D eigenvalue weighted by molar-refractivity contribution is 1.06. The molecule has 6 nitrogen and oxygen atoms in total. The van der Waals surface area contributed by atoms with Crippen molar-refractivity contribution in [3.63, 3.8) is 0 Å². The summed E-state index contributed by atoms with van der Waals surface area (Å²) in [5.74, 6) is 1.75. The van der Waals surface area contributed by atoms with Gasteiger partial charge in [0.2, 0.25) is 0 Å². The maximum atomic E-state index is 5.56. The highest BCUT2D eigenvalue weighted by atomic mass is 28.3. The maximum Gasteiger partial charge on any atom is 0.179 e. The van der Waals surface area contributed by atoms with Gasteiger partial charge in [0, 0.05) is 60.4 Å². The second-order valence-corrected chi connectivity index (χ2v) is 26.5. The zero-order chi connectivity index (χ0) is 58.1. The second kappa shape index (κ2) is 20.9. The zero-order valence-electron chi connectivity index (χ0n) is 47.9. The summed E-state index contributed by atoms with van der Waals surface area (Å²) in [6, 6.07) is 119. The molecule has 0 unspecified atom stereocenters. The molecule has 7 heteroatoms. The van der Waals surface area contributed by atoms with Gasteiger partial charge in [-0.25, -0.2) is 15.0 Å². The standard InChI is InChI=1S/C81H54N6Si/c1-6-25-55(26-7-1)79-82-80(56-27-8-2-9-28-56)84-81(83-79)71-52-58(57-29-24-36-64(51-57)88(61-30-10-3-11-31-61,62-32-12-4-13-33-62)63-34-14-5-15-35-63)45-50-76(71)87-77-53-59(85-72-41-20-16-37-65(72)66-38-17-21-42-73(66)85)46-48-69(77)70-49-47-60(54-78(70)87)86-74-43-22-18-39-67(74)68-40-19-23-44-75(68)86/h1-54H. The molecule has 4 aromatic heterocycles. The molecule has 13 aromatic carbocycles. The van der Waals surface area contributed by atoms with Gasteiger partial charge >= 0.3 is 0 Å². The number of hydrogen-bond donors (Lipinski definition) is 0. The predicted octanol–water partition coefficient (Wildman–Crippen LogP) is 17.2. The highest BCUT2D eigenvalue weighted by Crippen LogP contribution is 2.42. The monoisotopic (exact) mass is 1140 g/mol. The largest absolute Gasteiger partial charge is 0.309 e. The summed E-state index contributed by atoms with van der Waals surface area (Å²) in [5, 5.41) is 12.4. The fourth-order valence-corrected chi connectivity index (χ4v) is 18.7. The first-order valence-electron chi connectivity index (χ1n) is 30.0. The summed E-state index contributed by atoms with van der Waals surface area (Å²) < 4.78 is 7.31. The van der Waals surface area contributed by atoms with Crippen molar-refractivity contribution in [2.75, 3.05) is 0 Å². The van der Waals surface area contributed by atoms with Crippen LogP contribution in [0.1, 0.15) is 0 Å². The third-order valence-corrected chi connectivity index (χ3v) is 22.6. The van der Waals surface area contributed by atoms with E-state index in [-0.39, 0.29) is 0 Å². The fraction of sp³-hybridized carbons (Fsp3) is 0. The van der Waals surface area contributed by atoms with Crippen LogP contribution in [0.2, 0.25) is 0 Å². The molecule has 88 heavy (non-hydrogen) atoms. The summed E-state index contributed by atoms with van der Waals surface area (Å²) >= 11 is 0. The van der Waals surface area contributed by atoms with Gasteiger partial charge in [-0.05, 0) is 92.5 Å². The van der Waals surface area contributed by atoms with Crippen molar-refractivity contribution in [1.29, 1.82) is 0 Å². The third-order valence-electron chi connectivity index (χ3n) is 17.8. The van der Waals surface area contributed by atoms with E-state index in [0.717, 1.165) is 88.8 Å². The molecule has 0 fully saturated rings. The Labute approximate surface area is 509 Å². The van der Waals surface area contributed by atoms with E-state index in [0.29, 0.717) is 17.5 Å². The van der Waals surface area contributed by atoms with Crippen molar-refractivity contribution >= 4 is 94.2 Å². The minimum Gasteiger partial charge on any atom is -0.309 e. The van der Waals surface area contributed by atoms with Gasteiger partial charge in [0.05, 0.1) is 38.8 Å². The Kier molecular flexibility index (Phi) is 12.1. The van der Waals surface area contributed by atoms with Crippen molar-refractivity contribution in [1.82, 2.24) is 28.7 Å². The van der Waals surface area contributed by atoms with Gasteiger partial charge in [-0.2, -0.15) is 0 Å². The van der Waals surface area contributed by atoms with E-state index >= 15 is 0 Å². The van der Waals surface area contributed by atoms with Crippen LogP contribution in [0.5, 0.6) is 0 Å². The van der Waals surface area contributed by atoms with E-state index < -0.39 is 8.07 Å². The summed E-state index contributed by atoms with van der Waals surface area (Å²) in [4.78, 5) is 16.4. The normalized spacial score (nSPS) is 11.9. The molecule has 0 spiro atoms. The van der Waals surface area contributed by atoms with E-state index in [1.807, 2.05) is 36.4 Å². The van der Waals surface area contributed by atoms with Gasteiger partial charge in [-0.1, -0.05) is 267 Å². The average Bonchev–Trinajstić information content (AvgIpc) is 1.63. The molecule has 17 rings (SSSR count). The molecule has 0 radical (unpaired) electrons. The van der Waals surface area contributed by atoms with Gasteiger partial charge in [-0.3, -0.25) is 0 Å². The molecule has 0 aliphatic heterocycles. The number of aromatic nitrogens is 6. The Morgan fingerprint density at radius 1 is 0.216 bits per heavy atom. The van der Waals surface area contributed by atoms with Gasteiger partial charge in [0.15, 0.2) is 25.5 Å². The lowest BCUT2D eigenvalue weighted by atomic mass is 10.0. The molecule has 0 saturated heterocycles. The SMILES string of the molecule is c1ccc(-c2nc(-c3ccccc3)nc(-c3cc(-c4cccc([Si](c5ccccc5)(c5ccccc5)c5ccccc5)c4)ccc3-n3c4cc(-n5c6ccccc6c6ccccc65)ccc4c4ccc(-n5c6ccccc6c6ccccc65)cc43)n2)cc1. The fourth-order valence-electron chi connectivity index (χ4n) is 13.9. The van der Waals surface area contributed by atoms with Crippen LogP contribution in [0.3, 0.4) is 0 Å². The number of benzene rings is 13. The quantitative estimate of drug-likeness (QED) is 0.0958. The molecule has 0 amide bonds. The topological polar surface area (TPSA) is 53.5 Å². The first-order valence-corrected chi connectivity index (χ1v) is 32.0. The van der Waals surface area contributed by atoms with Crippen molar-refractivity contribution in [3.8, 4) is 62.4 Å². The zero-order valence-corrected chi connectivity index (χ0v) is 48.9. The van der Waals surface area contributed by atoms with Gasteiger partial charge in [0.1, 0.15) is 0 Å². The van der Waals surface area contributed by atoms with E-state index in [2.05, 4.69) is 305 Å². The Bertz CT molecular complexity index is 5070. The molecule has 0 atom stereocenters. The minimum atomic E-state index is -2.91. The number of fused-ring (bicyclic) bond motifs is 9. The van der Waals surface area contributed by atoms with E-state index in [4.69, 9.17) is 15.0 Å². The van der Waals surface area contributed by atoms with Crippen molar-refractivity contribution in [2.24, 2.45) is 0 Å². The molecule has 0 N–H and O–H groups in total. The van der Waals surface area contributed by atoms with Crippen LogP contribution in [0.25, 0.3) is 128 Å². The van der Waals surface area contributed by atoms with Crippen molar-refractivity contribution in [2.45, 2.75) is 0 Å². The first kappa shape index (κ1) is 51.0. The lowest BCUT2D eigenvalue weighted by Crippen LogP contribution is -2.74. The number of para-hydroxylation sites is 4. The molecular weight excluding hydrogens is 1090 g/mol. The van der Waals surface area contributed by atoms with Crippen molar-refractivity contribution < 1.29 is 0 Å². The number of nitrogens with zero attached hydrogens (tertiary/aromatic N) is 6. The maximum absolute atomic E-state index is 5.56. The van der Waals surface area contributed by atoms with Crippen LogP contribution in [-0.2, 0) is 0 Å². The smallest absolute Gasteiger partial charge is 0.179 e. The van der Waals surface area contributed by atoms with Crippen LogP contribution in [0.15, 0.2) is 328 Å². The summed E-state index contributed by atoms with van der Waals surface area (Å²) in [6.07, 6.45) is 0. The van der Waals surface area contributed by atoms with Crippen molar-refractivity contribution in [3.05, 3.63) is 328 Å². The molecule has 0 aliphatic carbocycles. The average molecular weight is 1140 g/mol. The Morgan fingerprint density at radius 3 is 0.989 bits per heavy atom. The van der Waals surface area contributed by atoms with Crippen LogP contribution >= 0.6 is 0 Å². The summed E-state index contributed by atoms with van der Waals surface area (Å²) in [6.45, 7) is 0. The number of hydrogen-bond acceptors (Lipinski definition) is 3. The number of rotatable bonds is 11. The van der Waals surface area contributed by atoms with E-state index in [1.165, 1.54) is 42.3 Å². The molecule has 412 valence electrons. The Hall–Kier alpha value is -11.5. The van der Waals surface area contributed by atoms with Gasteiger partial charge in [-0.15, -0.1) is 0 Å². The molecule has 0 saturated carbocycles. The predicted molar refractivity (Wildman–Crippen MR) is 368 cm³/mol. The van der Waals surface area contributed by atoms with E-state index in [9.17, 15) is 0 Å². The summed E-state index contributed by atoms with van der Waals surface area (Å²) in [5.41, 5.74) is 14.6. The van der Waals surface area contributed by atoms with Crippen LogP contribution in [-0.4, -0.2) is 36.7 Å². The Morgan fingerprint density at radius 2 is 0.557 bits per heavy atom. The molecular formula is C81H54N6Si. The molecule has 0 aliphatic rings. The summed E-state index contributed by atoms with van der Waals surface area (Å²) in [7, 11) is -2.91. The van der Waals surface area contributed by atoms with Gasteiger partial charge in [0.25, 0.3) is 0 Å². The lowest BCUT2D eigenvalue weighted by Gasteiger charge is -2.34. The molecule has 17 aromatic rings.